The van der Waals surface area contributed by atoms with E-state index in [1.54, 1.807) is 0 Å². The van der Waals surface area contributed by atoms with Crippen molar-refractivity contribution in [3.05, 3.63) is 76.0 Å². The van der Waals surface area contributed by atoms with E-state index in [0.29, 0.717) is 0 Å². The fourth-order valence-electron chi connectivity index (χ4n) is 4.02. The lowest BCUT2D eigenvalue weighted by molar-refractivity contribution is 0.189. The normalized spacial score (nSPS) is 13.9. The summed E-state index contributed by atoms with van der Waals surface area (Å²) in [4.78, 5) is 2.47. The molecule has 4 heteroatoms. The van der Waals surface area contributed by atoms with E-state index in [4.69, 9.17) is 0 Å². The second kappa shape index (κ2) is 16.5. The van der Waals surface area contributed by atoms with Crippen LogP contribution in [0, 0.1) is 13.8 Å². The maximum Gasteiger partial charge on any atom is 0.0533 e. The van der Waals surface area contributed by atoms with E-state index in [9.17, 15) is 0 Å². The first-order valence-electron chi connectivity index (χ1n) is 13.1. The quantitative estimate of drug-likeness (QED) is 0.216. The van der Waals surface area contributed by atoms with Gasteiger partial charge in [0.1, 0.15) is 0 Å². The van der Waals surface area contributed by atoms with E-state index < -0.39 is 0 Å². The number of aryl methyl sites for hydroxylation is 2. The van der Waals surface area contributed by atoms with Crippen LogP contribution in [-0.4, -0.2) is 43.1 Å². The van der Waals surface area contributed by atoms with E-state index in [-0.39, 0.29) is 0 Å². The van der Waals surface area contributed by atoms with Gasteiger partial charge < -0.3 is 10.3 Å². The average Bonchev–Trinajstić information content (AvgIpc) is 2.83. The van der Waals surface area contributed by atoms with Crippen LogP contribution >= 0.6 is 0 Å². The summed E-state index contributed by atoms with van der Waals surface area (Å²) in [5, 5.41) is 2.14. The van der Waals surface area contributed by atoms with Crippen molar-refractivity contribution in [2.75, 3.05) is 33.2 Å². The molecule has 0 spiro atoms. The average molecular weight is 467 g/mol. The molecule has 1 aromatic rings. The lowest BCUT2D eigenvalue weighted by atomic mass is 9.96. The molecule has 0 aliphatic carbocycles. The molecule has 0 heterocycles. The number of nitrogens with one attached hydrogen (secondary N) is 2. The zero-order valence-electron chi connectivity index (χ0n) is 23.4. The van der Waals surface area contributed by atoms with Crippen LogP contribution in [0.25, 0.3) is 5.57 Å². The number of hydrogen-bond acceptors (Lipinski definition) is 4. The second-order valence-corrected chi connectivity index (χ2v) is 9.01. The molecule has 0 aliphatic rings. The fraction of sp³-hybridized carbons (Fsp3) is 0.533. The number of benzene rings is 1. The van der Waals surface area contributed by atoms with Crippen molar-refractivity contribution in [3.8, 4) is 0 Å². The Morgan fingerprint density at radius 3 is 2.26 bits per heavy atom. The van der Waals surface area contributed by atoms with Crippen LogP contribution in [0.15, 0.2) is 59.3 Å². The molecule has 34 heavy (non-hydrogen) atoms. The van der Waals surface area contributed by atoms with E-state index in [1.807, 2.05) is 0 Å². The van der Waals surface area contributed by atoms with Gasteiger partial charge in [0.25, 0.3) is 0 Å². The molecule has 0 aliphatic heterocycles. The Bertz CT molecular complexity index is 857. The van der Waals surface area contributed by atoms with Gasteiger partial charge in [-0.3, -0.25) is 0 Å². The molecule has 0 bridgehead atoms. The first-order valence-corrected chi connectivity index (χ1v) is 13.1. The Labute approximate surface area is 210 Å². The third-order valence-corrected chi connectivity index (χ3v) is 6.37. The molecular weight excluding hydrogens is 416 g/mol. The standard InChI is InChI=1S/C30H50N4/c1-10-16-30(31-32-33(9)21-15-22-34(13-4)14-5)29(25(7)11-2)20-18-27(12-3)28-19-17-24(6)23-26(28)8/h12,16-20,23,31-32H,10-11,13-15,21-22H2,1-9H3/b20-18-,27-12+,29-25+,30-16-. The Morgan fingerprint density at radius 1 is 1.00 bits per heavy atom. The summed E-state index contributed by atoms with van der Waals surface area (Å²) >= 11 is 0. The van der Waals surface area contributed by atoms with Crippen LogP contribution < -0.4 is 11.0 Å². The van der Waals surface area contributed by atoms with Crippen LogP contribution in [0.1, 0.15) is 77.5 Å². The molecule has 190 valence electrons. The van der Waals surface area contributed by atoms with Crippen molar-refractivity contribution in [2.24, 2.45) is 0 Å². The number of hydrazine groups is 2. The van der Waals surface area contributed by atoms with Gasteiger partial charge in [-0.15, -0.1) is 0 Å². The van der Waals surface area contributed by atoms with Crippen LogP contribution in [0.5, 0.6) is 0 Å². The molecule has 1 rings (SSSR count). The molecule has 0 amide bonds. The number of rotatable bonds is 15. The molecule has 0 saturated heterocycles. The summed E-state index contributed by atoms with van der Waals surface area (Å²) in [5.41, 5.74) is 15.8. The van der Waals surface area contributed by atoms with Crippen molar-refractivity contribution >= 4 is 5.57 Å². The van der Waals surface area contributed by atoms with E-state index in [2.05, 4.69) is 126 Å². The predicted octanol–water partition coefficient (Wildman–Crippen LogP) is 6.96. The maximum absolute atomic E-state index is 3.50. The van der Waals surface area contributed by atoms with Crippen molar-refractivity contribution < 1.29 is 0 Å². The van der Waals surface area contributed by atoms with Crippen molar-refractivity contribution in [2.45, 2.75) is 74.7 Å². The highest BCUT2D eigenvalue weighted by molar-refractivity contribution is 5.76. The molecule has 0 unspecified atom stereocenters. The topological polar surface area (TPSA) is 30.5 Å². The minimum Gasteiger partial charge on any atom is -0.308 e. The lowest BCUT2D eigenvalue weighted by Crippen LogP contribution is -2.45. The highest BCUT2D eigenvalue weighted by atomic mass is 15.7. The predicted molar refractivity (Wildman–Crippen MR) is 151 cm³/mol. The van der Waals surface area contributed by atoms with Gasteiger partial charge in [-0.2, -0.15) is 5.53 Å². The summed E-state index contributed by atoms with van der Waals surface area (Å²) in [7, 11) is 2.10. The number of nitrogens with zero attached hydrogens (tertiary/aromatic N) is 2. The first-order chi connectivity index (χ1) is 16.3. The molecule has 0 saturated carbocycles. The molecule has 4 nitrogen and oxygen atoms in total. The Hall–Kier alpha value is -2.14. The Morgan fingerprint density at radius 2 is 1.71 bits per heavy atom. The molecule has 0 fully saturated rings. The second-order valence-electron chi connectivity index (χ2n) is 9.01. The zero-order valence-corrected chi connectivity index (χ0v) is 23.4. The summed E-state index contributed by atoms with van der Waals surface area (Å²) in [6, 6.07) is 6.68. The first kappa shape index (κ1) is 29.9. The van der Waals surface area contributed by atoms with Gasteiger partial charge in [-0.1, -0.05) is 81.3 Å². The Balaban J connectivity index is 2.99. The van der Waals surface area contributed by atoms with E-state index in [0.717, 1.165) is 51.1 Å². The van der Waals surface area contributed by atoms with Crippen LogP contribution in [0.3, 0.4) is 0 Å². The van der Waals surface area contributed by atoms with Crippen LogP contribution in [-0.2, 0) is 0 Å². The maximum atomic E-state index is 3.50. The summed E-state index contributed by atoms with van der Waals surface area (Å²) in [5.74, 6) is 0. The summed E-state index contributed by atoms with van der Waals surface area (Å²) < 4.78 is 0. The van der Waals surface area contributed by atoms with Crippen molar-refractivity contribution in [1.29, 1.82) is 0 Å². The third kappa shape index (κ3) is 10.0. The van der Waals surface area contributed by atoms with Gasteiger partial charge in [0.2, 0.25) is 0 Å². The minimum absolute atomic E-state index is 0.970. The van der Waals surface area contributed by atoms with Crippen LogP contribution in [0.4, 0.5) is 0 Å². The fourth-order valence-corrected chi connectivity index (χ4v) is 4.02. The lowest BCUT2D eigenvalue weighted by Gasteiger charge is -2.24. The van der Waals surface area contributed by atoms with Gasteiger partial charge in [0.15, 0.2) is 0 Å². The smallest absolute Gasteiger partial charge is 0.0533 e. The molecule has 0 aromatic heterocycles. The molecule has 1 aromatic carbocycles. The van der Waals surface area contributed by atoms with Gasteiger partial charge in [-0.25, -0.2) is 5.01 Å². The number of allylic oxidation sites excluding steroid dienone is 6. The molecule has 0 radical (unpaired) electrons. The minimum atomic E-state index is 0.970. The van der Waals surface area contributed by atoms with Gasteiger partial charge in [0.05, 0.1) is 5.70 Å². The van der Waals surface area contributed by atoms with Crippen LogP contribution in [0.2, 0.25) is 0 Å². The summed E-state index contributed by atoms with van der Waals surface area (Å²) in [6.45, 7) is 21.9. The van der Waals surface area contributed by atoms with Crippen molar-refractivity contribution in [3.63, 3.8) is 0 Å². The SMILES string of the molecule is C\C=C(/C=C\C(C(=C\CC)\NNN(C)CCCN(CC)CC)=C(\C)CC)c1ccc(C)cc1C. The van der Waals surface area contributed by atoms with Crippen molar-refractivity contribution in [1.82, 2.24) is 20.9 Å². The Kier molecular flexibility index (Phi) is 14.5. The monoisotopic (exact) mass is 466 g/mol. The molecular formula is C30H50N4. The summed E-state index contributed by atoms with van der Waals surface area (Å²) in [6.07, 6.45) is 12.1. The number of hydrogen-bond donors (Lipinski definition) is 2. The molecule has 2 N–H and O–H groups in total. The zero-order chi connectivity index (χ0) is 25.5. The third-order valence-electron chi connectivity index (χ3n) is 6.37. The largest absolute Gasteiger partial charge is 0.308 e. The van der Waals surface area contributed by atoms with Gasteiger partial charge in [-0.05, 0) is 88.9 Å². The van der Waals surface area contributed by atoms with Gasteiger partial charge in [0, 0.05) is 13.6 Å². The van der Waals surface area contributed by atoms with Gasteiger partial charge >= 0.3 is 0 Å². The highest BCUT2D eigenvalue weighted by Crippen LogP contribution is 2.24. The highest BCUT2D eigenvalue weighted by Gasteiger charge is 2.09. The molecule has 0 atom stereocenters. The van der Waals surface area contributed by atoms with E-state index >= 15 is 0 Å². The van der Waals surface area contributed by atoms with E-state index in [1.165, 1.54) is 33.4 Å².